The van der Waals surface area contributed by atoms with E-state index in [0.29, 0.717) is 18.1 Å². The molecule has 0 unspecified atom stereocenters. The first kappa shape index (κ1) is 17.9. The van der Waals surface area contributed by atoms with Gasteiger partial charge in [0.25, 0.3) is 0 Å². The van der Waals surface area contributed by atoms with Crippen molar-refractivity contribution in [1.29, 1.82) is 0 Å². The molecule has 4 rings (SSSR count). The molecule has 0 aliphatic carbocycles. The summed E-state index contributed by atoms with van der Waals surface area (Å²) in [6, 6.07) is 11.7. The van der Waals surface area contributed by atoms with Crippen LogP contribution in [0.1, 0.15) is 5.56 Å². The van der Waals surface area contributed by atoms with E-state index in [4.69, 9.17) is 0 Å². The van der Waals surface area contributed by atoms with Crippen molar-refractivity contribution in [1.82, 2.24) is 19.5 Å². The lowest BCUT2D eigenvalue weighted by Gasteiger charge is -2.10. The van der Waals surface area contributed by atoms with Crippen LogP contribution >= 0.6 is 0 Å². The fourth-order valence-corrected chi connectivity index (χ4v) is 2.70. The lowest BCUT2D eigenvalue weighted by atomic mass is 10.2. The summed E-state index contributed by atoms with van der Waals surface area (Å²) in [7, 11) is 0. The van der Waals surface area contributed by atoms with E-state index in [1.165, 1.54) is 36.7 Å². The van der Waals surface area contributed by atoms with Crippen molar-refractivity contribution in [2.24, 2.45) is 0 Å². The molecule has 0 saturated carbocycles. The Kier molecular flexibility index (Phi) is 4.42. The van der Waals surface area contributed by atoms with Gasteiger partial charge in [-0.15, -0.1) is 13.2 Å². The smallest absolute Gasteiger partial charge is 0.406 e. The Morgan fingerprint density at radius 3 is 2.39 bits per heavy atom. The monoisotopic (exact) mass is 388 g/mol. The van der Waals surface area contributed by atoms with Crippen LogP contribution in [0.2, 0.25) is 0 Å². The molecule has 0 fully saturated rings. The third-order valence-corrected chi connectivity index (χ3v) is 3.92. The van der Waals surface area contributed by atoms with Crippen molar-refractivity contribution < 1.29 is 22.3 Å². The Morgan fingerprint density at radius 1 is 0.929 bits per heavy atom. The predicted molar refractivity (Wildman–Crippen MR) is 92.1 cm³/mol. The first-order chi connectivity index (χ1) is 13.4. The van der Waals surface area contributed by atoms with Crippen molar-refractivity contribution in [3.63, 3.8) is 0 Å². The summed E-state index contributed by atoms with van der Waals surface area (Å²) in [5.41, 5.74) is 1.51. The highest BCUT2D eigenvalue weighted by atomic mass is 19.4. The van der Waals surface area contributed by atoms with Gasteiger partial charge in [0.2, 0.25) is 0 Å². The van der Waals surface area contributed by atoms with Crippen LogP contribution in [0, 0.1) is 5.82 Å². The molecule has 2 aromatic carbocycles. The van der Waals surface area contributed by atoms with Crippen LogP contribution in [0.3, 0.4) is 0 Å². The molecule has 28 heavy (non-hydrogen) atoms. The van der Waals surface area contributed by atoms with Gasteiger partial charge in [-0.3, -0.25) is 0 Å². The lowest BCUT2D eigenvalue weighted by Crippen LogP contribution is -2.17. The SMILES string of the molecule is Fc1ccccc1-c1nc2cn(Cc3ccc(OC(F)(F)F)cc3)cnc-2n1. The molecule has 2 aromatic rings. The zero-order valence-corrected chi connectivity index (χ0v) is 14.2. The second-order valence-corrected chi connectivity index (χ2v) is 5.97. The molecule has 142 valence electrons. The summed E-state index contributed by atoms with van der Waals surface area (Å²) >= 11 is 0. The minimum Gasteiger partial charge on any atom is -0.406 e. The number of halogens is 4. The van der Waals surface area contributed by atoms with Crippen LogP contribution < -0.4 is 4.74 Å². The van der Waals surface area contributed by atoms with E-state index < -0.39 is 12.2 Å². The van der Waals surface area contributed by atoms with Gasteiger partial charge in [0.15, 0.2) is 11.6 Å². The van der Waals surface area contributed by atoms with Gasteiger partial charge in [0, 0.05) is 12.7 Å². The molecule has 0 saturated heterocycles. The quantitative estimate of drug-likeness (QED) is 0.482. The maximum atomic E-state index is 13.9. The van der Waals surface area contributed by atoms with Crippen molar-refractivity contribution in [2.45, 2.75) is 12.9 Å². The fraction of sp³-hybridized carbons (Fsp3) is 0.105. The fourth-order valence-electron chi connectivity index (χ4n) is 2.70. The van der Waals surface area contributed by atoms with E-state index in [2.05, 4.69) is 19.7 Å². The second kappa shape index (κ2) is 6.91. The Balaban J connectivity index is 1.55. The predicted octanol–water partition coefficient (Wildman–Crippen LogP) is 4.53. The number of aromatic nitrogens is 4. The van der Waals surface area contributed by atoms with E-state index >= 15 is 0 Å². The summed E-state index contributed by atoms with van der Waals surface area (Å²) in [5.74, 6) is -0.0893. The Hall–Kier alpha value is -3.49. The number of rotatable bonds is 4. The lowest BCUT2D eigenvalue weighted by molar-refractivity contribution is -0.274. The number of fused-ring (bicyclic) bond motifs is 1. The number of benzene rings is 2. The Labute approximate surface area is 156 Å². The van der Waals surface area contributed by atoms with Crippen molar-refractivity contribution in [3.8, 4) is 28.7 Å². The highest BCUT2D eigenvalue weighted by Crippen LogP contribution is 2.26. The van der Waals surface area contributed by atoms with Crippen LogP contribution in [-0.4, -0.2) is 25.9 Å². The molecule has 0 amide bonds. The average molecular weight is 388 g/mol. The molecule has 2 heterocycles. The van der Waals surface area contributed by atoms with Gasteiger partial charge in [-0.25, -0.2) is 19.3 Å². The maximum absolute atomic E-state index is 13.9. The van der Waals surface area contributed by atoms with Crippen molar-refractivity contribution in [3.05, 3.63) is 72.4 Å². The zero-order valence-electron chi connectivity index (χ0n) is 14.2. The number of ether oxygens (including phenoxy) is 1. The maximum Gasteiger partial charge on any atom is 0.573 e. The molecule has 0 bridgehead atoms. The van der Waals surface area contributed by atoms with Crippen LogP contribution in [0.15, 0.2) is 61.1 Å². The average Bonchev–Trinajstić information content (AvgIpc) is 3.05. The topological polar surface area (TPSA) is 52.8 Å². The standard InChI is InChI=1S/C19H12F4N4O/c20-15-4-2-1-3-14(15)17-25-16-10-27(11-24-18(16)26-17)9-12-5-7-13(8-6-12)28-19(21,22)23/h1-8,10-11H,9H2. The summed E-state index contributed by atoms with van der Waals surface area (Å²) in [6.45, 7) is 0.358. The molecular weight excluding hydrogens is 376 g/mol. The van der Waals surface area contributed by atoms with E-state index in [9.17, 15) is 17.6 Å². The van der Waals surface area contributed by atoms with Gasteiger partial charge in [0.05, 0.1) is 11.9 Å². The summed E-state index contributed by atoms with van der Waals surface area (Å²) in [6.07, 6.45) is -1.50. The van der Waals surface area contributed by atoms with Gasteiger partial charge < -0.3 is 9.30 Å². The molecule has 0 atom stereocenters. The Morgan fingerprint density at radius 2 is 1.68 bits per heavy atom. The minimum atomic E-state index is -4.72. The number of hydrogen-bond acceptors (Lipinski definition) is 4. The van der Waals surface area contributed by atoms with E-state index in [1.54, 1.807) is 29.0 Å². The van der Waals surface area contributed by atoms with Crippen LogP contribution in [0.5, 0.6) is 5.75 Å². The van der Waals surface area contributed by atoms with Crippen LogP contribution in [-0.2, 0) is 6.54 Å². The molecule has 2 aliphatic rings. The van der Waals surface area contributed by atoms with Gasteiger partial charge in [-0.05, 0) is 29.8 Å². The van der Waals surface area contributed by atoms with Gasteiger partial charge >= 0.3 is 6.36 Å². The first-order valence-electron chi connectivity index (χ1n) is 8.16. The van der Waals surface area contributed by atoms with Crippen molar-refractivity contribution in [2.75, 3.05) is 0 Å². The highest BCUT2D eigenvalue weighted by Gasteiger charge is 2.30. The van der Waals surface area contributed by atoms with E-state index in [0.717, 1.165) is 5.56 Å². The van der Waals surface area contributed by atoms with E-state index in [1.807, 2.05) is 0 Å². The van der Waals surface area contributed by atoms with Gasteiger partial charge in [0.1, 0.15) is 17.3 Å². The third-order valence-electron chi connectivity index (χ3n) is 3.92. The van der Waals surface area contributed by atoms with Crippen LogP contribution in [0.4, 0.5) is 17.6 Å². The first-order valence-corrected chi connectivity index (χ1v) is 8.16. The number of imidazole rings is 1. The van der Waals surface area contributed by atoms with Gasteiger partial charge in [-0.2, -0.15) is 0 Å². The molecule has 5 nitrogen and oxygen atoms in total. The number of hydrogen-bond donors (Lipinski definition) is 0. The summed E-state index contributed by atoms with van der Waals surface area (Å²) < 4.78 is 56.1. The zero-order chi connectivity index (χ0) is 19.7. The van der Waals surface area contributed by atoms with Crippen LogP contribution in [0.25, 0.3) is 22.9 Å². The third kappa shape index (κ3) is 3.93. The molecular formula is C19H12F4N4O. The number of alkyl halides is 3. The second-order valence-electron chi connectivity index (χ2n) is 5.97. The summed E-state index contributed by atoms with van der Waals surface area (Å²) in [4.78, 5) is 12.8. The normalized spacial score (nSPS) is 11.7. The largest absolute Gasteiger partial charge is 0.573 e. The molecule has 0 aromatic heterocycles. The molecule has 0 spiro atoms. The van der Waals surface area contributed by atoms with E-state index in [-0.39, 0.29) is 17.1 Å². The molecule has 0 radical (unpaired) electrons. The highest BCUT2D eigenvalue weighted by molar-refractivity contribution is 5.63. The molecule has 0 N–H and O–H groups in total. The summed E-state index contributed by atoms with van der Waals surface area (Å²) in [5, 5.41) is 0. The van der Waals surface area contributed by atoms with Gasteiger partial charge in [-0.1, -0.05) is 24.3 Å². The molecule has 2 aliphatic heterocycles. The Bertz CT molecular complexity index is 1080. The molecule has 9 heteroatoms. The minimum absolute atomic E-state index is 0.243. The number of nitrogens with zero attached hydrogens (tertiary/aromatic N) is 4. The van der Waals surface area contributed by atoms with Crippen molar-refractivity contribution >= 4 is 0 Å².